The molecule has 296 valence electrons. The molecule has 2 aliphatic rings. The summed E-state index contributed by atoms with van der Waals surface area (Å²) in [6.07, 6.45) is 0. The molecule has 64 heavy (non-hydrogen) atoms. The highest BCUT2D eigenvalue weighted by atomic mass is 32.1. The van der Waals surface area contributed by atoms with Crippen LogP contribution in [0.3, 0.4) is 0 Å². The van der Waals surface area contributed by atoms with Crippen LogP contribution in [-0.2, 0) is 5.41 Å². The summed E-state index contributed by atoms with van der Waals surface area (Å²) in [6.45, 7) is 0. The Balaban J connectivity index is 1.06. The van der Waals surface area contributed by atoms with Crippen molar-refractivity contribution in [2.75, 3.05) is 0 Å². The summed E-state index contributed by atoms with van der Waals surface area (Å²) < 4.78 is 7.36. The van der Waals surface area contributed by atoms with Crippen LogP contribution in [0.1, 0.15) is 22.3 Å². The molecule has 0 bridgehead atoms. The first-order valence-corrected chi connectivity index (χ1v) is 23.3. The quantitative estimate of drug-likeness (QED) is 0.178. The van der Waals surface area contributed by atoms with Gasteiger partial charge in [-0.25, -0.2) is 4.98 Å². The number of rotatable bonds is 3. The molecule has 0 radical (unpaired) electrons. The van der Waals surface area contributed by atoms with Crippen LogP contribution >= 0.6 is 22.7 Å². The minimum Gasteiger partial charge on any atom is -0.277 e. The molecule has 1 spiro atoms. The predicted octanol–water partition coefficient (Wildman–Crippen LogP) is 15.4. The van der Waals surface area contributed by atoms with Gasteiger partial charge in [0.05, 0.1) is 16.4 Å². The highest BCUT2D eigenvalue weighted by Crippen LogP contribution is 2.64. The van der Waals surface area contributed by atoms with Crippen LogP contribution in [0.4, 0.5) is 0 Å². The summed E-state index contributed by atoms with van der Waals surface area (Å²) >= 11 is 3.64. The van der Waals surface area contributed by atoms with E-state index in [4.69, 9.17) is 15.0 Å². The monoisotopic (exact) mass is 848 g/mol. The molecule has 0 atom stereocenters. The molecule has 0 unspecified atom stereocenters. The number of thiophene rings is 2. The standard InChI is InChI=1S/C58H32N4S2/c1-7-19-44-35(13-1)36-14-2-8-20-45(36)58(44)46-21-9-3-18-41(46)53-47(58)28-27-40-37-15-4-10-22-48(37)62(54(40)53)57-60-55(33-25-29-51-42(31-33)38-16-5-11-23-49(38)63-51)59-56(61-57)34-26-30-52-43(32-34)39-17-6-12-24-50(39)64-52/h1-32H. The second kappa shape index (κ2) is 12.7. The Hall–Kier alpha value is -7.77. The summed E-state index contributed by atoms with van der Waals surface area (Å²) in [6, 6.07) is 71.2. The Labute approximate surface area is 375 Å². The van der Waals surface area contributed by atoms with Gasteiger partial charge in [-0.15, -0.1) is 22.7 Å². The van der Waals surface area contributed by atoms with Crippen LogP contribution in [0.25, 0.3) is 113 Å². The fourth-order valence-electron chi connectivity index (χ4n) is 11.3. The van der Waals surface area contributed by atoms with E-state index in [-0.39, 0.29) is 0 Å². The highest BCUT2D eigenvalue weighted by Gasteiger charge is 2.52. The number of para-hydroxylation sites is 1. The van der Waals surface area contributed by atoms with E-state index < -0.39 is 5.41 Å². The Morgan fingerprint density at radius 3 is 1.45 bits per heavy atom. The average Bonchev–Trinajstić information content (AvgIpc) is 4.15. The zero-order valence-corrected chi connectivity index (χ0v) is 35.7. The Morgan fingerprint density at radius 2 is 0.844 bits per heavy atom. The third kappa shape index (κ3) is 4.48. The number of nitrogens with zero attached hydrogens (tertiary/aromatic N) is 4. The van der Waals surface area contributed by atoms with Crippen molar-refractivity contribution >= 4 is 84.8 Å². The first kappa shape index (κ1) is 34.8. The van der Waals surface area contributed by atoms with Gasteiger partial charge in [-0.2, -0.15) is 9.97 Å². The maximum absolute atomic E-state index is 5.53. The summed E-state index contributed by atoms with van der Waals surface area (Å²) in [4.78, 5) is 16.4. The molecule has 13 aromatic rings. The lowest BCUT2D eigenvalue weighted by Crippen LogP contribution is -2.25. The van der Waals surface area contributed by atoms with Crippen molar-refractivity contribution in [1.29, 1.82) is 0 Å². The maximum Gasteiger partial charge on any atom is 0.238 e. The van der Waals surface area contributed by atoms with Crippen LogP contribution in [0.5, 0.6) is 0 Å². The normalized spacial score (nSPS) is 13.4. The molecule has 0 saturated carbocycles. The molecule has 4 aromatic heterocycles. The third-order valence-corrected chi connectivity index (χ3v) is 16.2. The van der Waals surface area contributed by atoms with Gasteiger partial charge in [-0.1, -0.05) is 140 Å². The second-order valence-electron chi connectivity index (χ2n) is 17.0. The number of aromatic nitrogens is 4. The van der Waals surface area contributed by atoms with Crippen molar-refractivity contribution in [3.8, 4) is 51.0 Å². The molecule has 0 aliphatic heterocycles. The van der Waals surface area contributed by atoms with Gasteiger partial charge in [0.25, 0.3) is 0 Å². The van der Waals surface area contributed by atoms with Crippen molar-refractivity contribution < 1.29 is 0 Å². The smallest absolute Gasteiger partial charge is 0.238 e. The summed E-state index contributed by atoms with van der Waals surface area (Å²) in [5, 5.41) is 7.24. The van der Waals surface area contributed by atoms with Crippen molar-refractivity contribution in [2.45, 2.75) is 5.41 Å². The molecule has 0 amide bonds. The van der Waals surface area contributed by atoms with Gasteiger partial charge in [-0.3, -0.25) is 4.57 Å². The number of hydrogen-bond donors (Lipinski definition) is 0. The molecule has 2 aliphatic carbocycles. The zero-order valence-electron chi connectivity index (χ0n) is 34.1. The van der Waals surface area contributed by atoms with E-state index in [9.17, 15) is 0 Å². The van der Waals surface area contributed by atoms with Crippen LogP contribution in [0.15, 0.2) is 194 Å². The molecule has 4 nitrogen and oxygen atoms in total. The minimum absolute atomic E-state index is 0.485. The van der Waals surface area contributed by atoms with Crippen molar-refractivity contribution in [2.24, 2.45) is 0 Å². The Bertz CT molecular complexity index is 3990. The fraction of sp³-hybridized carbons (Fsp3) is 0.0172. The lowest BCUT2D eigenvalue weighted by molar-refractivity contribution is 0.794. The summed E-state index contributed by atoms with van der Waals surface area (Å²) in [5.41, 5.74) is 13.8. The van der Waals surface area contributed by atoms with E-state index in [1.165, 1.54) is 90.2 Å². The third-order valence-electron chi connectivity index (χ3n) is 13.9. The average molecular weight is 849 g/mol. The highest BCUT2D eigenvalue weighted by molar-refractivity contribution is 7.26. The lowest BCUT2D eigenvalue weighted by Gasteiger charge is -2.30. The molecular weight excluding hydrogens is 817 g/mol. The van der Waals surface area contributed by atoms with E-state index in [0.717, 1.165) is 27.5 Å². The molecule has 0 N–H and O–H groups in total. The van der Waals surface area contributed by atoms with E-state index in [1.807, 2.05) is 22.7 Å². The van der Waals surface area contributed by atoms with E-state index in [0.29, 0.717) is 17.6 Å². The zero-order chi connectivity index (χ0) is 41.7. The molecule has 6 heteroatoms. The van der Waals surface area contributed by atoms with Gasteiger partial charge in [0.2, 0.25) is 5.95 Å². The Kier molecular flexibility index (Phi) is 6.88. The lowest BCUT2D eigenvalue weighted by atomic mass is 9.70. The SMILES string of the molecule is c1ccc2c(c1)-c1ccccc1C21c2ccccc2-c2c1ccc1c3ccccc3n(-c3nc(-c4ccc5sc6ccccc6c5c4)nc(-c4ccc5sc6ccccc6c5c4)n3)c21. The number of hydrogen-bond acceptors (Lipinski definition) is 5. The second-order valence-corrected chi connectivity index (χ2v) is 19.2. The van der Waals surface area contributed by atoms with E-state index in [2.05, 4.69) is 199 Å². The first-order valence-electron chi connectivity index (χ1n) is 21.7. The van der Waals surface area contributed by atoms with Crippen molar-refractivity contribution in [1.82, 2.24) is 19.5 Å². The van der Waals surface area contributed by atoms with Gasteiger partial charge >= 0.3 is 0 Å². The summed E-state index contributed by atoms with van der Waals surface area (Å²) in [7, 11) is 0. The molecule has 4 heterocycles. The first-order chi connectivity index (χ1) is 31.7. The molecule has 15 rings (SSSR count). The Morgan fingerprint density at radius 1 is 0.359 bits per heavy atom. The molecule has 0 fully saturated rings. The molecular formula is C58H32N4S2. The fourth-order valence-corrected chi connectivity index (χ4v) is 13.5. The van der Waals surface area contributed by atoms with Crippen LogP contribution in [-0.4, -0.2) is 19.5 Å². The van der Waals surface area contributed by atoms with Gasteiger partial charge in [-0.05, 0) is 93.5 Å². The van der Waals surface area contributed by atoms with Gasteiger partial charge in [0.15, 0.2) is 11.6 Å². The maximum atomic E-state index is 5.53. The van der Waals surface area contributed by atoms with Gasteiger partial charge in [0, 0.05) is 67.8 Å². The molecule has 9 aromatic carbocycles. The number of benzene rings is 9. The predicted molar refractivity (Wildman–Crippen MR) is 267 cm³/mol. The van der Waals surface area contributed by atoms with Crippen molar-refractivity contribution in [3.05, 3.63) is 216 Å². The van der Waals surface area contributed by atoms with Gasteiger partial charge in [0.1, 0.15) is 0 Å². The van der Waals surface area contributed by atoms with Crippen LogP contribution < -0.4 is 0 Å². The van der Waals surface area contributed by atoms with E-state index in [1.54, 1.807) is 0 Å². The van der Waals surface area contributed by atoms with Crippen LogP contribution in [0, 0.1) is 0 Å². The largest absolute Gasteiger partial charge is 0.277 e. The number of fused-ring (bicyclic) bond motifs is 20. The van der Waals surface area contributed by atoms with Crippen LogP contribution in [0.2, 0.25) is 0 Å². The summed E-state index contributed by atoms with van der Waals surface area (Å²) in [5.74, 6) is 1.87. The minimum atomic E-state index is -0.485. The van der Waals surface area contributed by atoms with E-state index >= 15 is 0 Å². The van der Waals surface area contributed by atoms with Gasteiger partial charge < -0.3 is 0 Å². The van der Waals surface area contributed by atoms with Crippen molar-refractivity contribution in [3.63, 3.8) is 0 Å². The topological polar surface area (TPSA) is 43.6 Å². The molecule has 0 saturated heterocycles.